The molecule has 0 bridgehead atoms. The lowest BCUT2D eigenvalue weighted by atomic mass is 10.1. The van der Waals surface area contributed by atoms with Gasteiger partial charge in [-0.25, -0.2) is 8.42 Å². The van der Waals surface area contributed by atoms with E-state index in [1.54, 1.807) is 24.3 Å². The first-order valence-corrected chi connectivity index (χ1v) is 12.9. The number of nitrogens with one attached hydrogen (secondary N) is 1. The van der Waals surface area contributed by atoms with Gasteiger partial charge in [-0.05, 0) is 67.7 Å². The van der Waals surface area contributed by atoms with Gasteiger partial charge >= 0.3 is 0 Å². The van der Waals surface area contributed by atoms with E-state index < -0.39 is 16.1 Å². The largest absolute Gasteiger partial charge is 0.481 e. The zero-order valence-corrected chi connectivity index (χ0v) is 19.9. The number of carbonyl (C=O) groups is 1. The van der Waals surface area contributed by atoms with Gasteiger partial charge in [0.05, 0.1) is 11.9 Å². The van der Waals surface area contributed by atoms with Crippen LogP contribution in [0.3, 0.4) is 0 Å². The molecule has 174 valence electrons. The minimum Gasteiger partial charge on any atom is -0.481 e. The van der Waals surface area contributed by atoms with E-state index in [2.05, 4.69) is 22.3 Å². The lowest BCUT2D eigenvalue weighted by molar-refractivity contribution is -0.128. The van der Waals surface area contributed by atoms with E-state index in [9.17, 15) is 13.2 Å². The van der Waals surface area contributed by atoms with E-state index in [4.69, 9.17) is 4.74 Å². The van der Waals surface area contributed by atoms with Crippen molar-refractivity contribution in [3.63, 3.8) is 0 Å². The van der Waals surface area contributed by atoms with E-state index in [-0.39, 0.29) is 5.91 Å². The first kappa shape index (κ1) is 24.1. The summed E-state index contributed by atoms with van der Waals surface area (Å²) in [5, 5.41) is 3.02. The molecule has 3 rings (SSSR count). The average Bonchev–Trinajstić information content (AvgIpc) is 3.29. The summed E-state index contributed by atoms with van der Waals surface area (Å²) in [5.74, 6) is 0.355. The van der Waals surface area contributed by atoms with Gasteiger partial charge in [-0.15, -0.1) is 0 Å². The van der Waals surface area contributed by atoms with Gasteiger partial charge in [0, 0.05) is 20.1 Å². The maximum Gasteiger partial charge on any atom is 0.261 e. The van der Waals surface area contributed by atoms with Gasteiger partial charge in [-0.2, -0.15) is 0 Å². The van der Waals surface area contributed by atoms with Crippen molar-refractivity contribution >= 4 is 21.6 Å². The molecular weight excluding hydrogens is 426 g/mol. The maximum atomic E-state index is 12.8. The number of amides is 1. The number of nitrogens with zero attached hydrogens (tertiary/aromatic N) is 2. The third kappa shape index (κ3) is 6.46. The van der Waals surface area contributed by atoms with Crippen LogP contribution in [0.15, 0.2) is 48.5 Å². The van der Waals surface area contributed by atoms with Crippen LogP contribution in [0.25, 0.3) is 0 Å². The smallest absolute Gasteiger partial charge is 0.261 e. The number of ether oxygens (including phenoxy) is 1. The zero-order chi connectivity index (χ0) is 23.1. The van der Waals surface area contributed by atoms with Crippen LogP contribution >= 0.6 is 0 Å². The molecule has 7 nitrogen and oxygen atoms in total. The van der Waals surface area contributed by atoms with Crippen molar-refractivity contribution in [2.75, 3.05) is 30.7 Å². The molecule has 32 heavy (non-hydrogen) atoms. The van der Waals surface area contributed by atoms with Crippen LogP contribution in [0.4, 0.5) is 5.69 Å². The fourth-order valence-electron chi connectivity index (χ4n) is 3.77. The van der Waals surface area contributed by atoms with Crippen LogP contribution in [0.1, 0.15) is 37.3 Å². The highest BCUT2D eigenvalue weighted by Crippen LogP contribution is 2.22. The second kappa shape index (κ2) is 10.8. The number of hydrogen-bond acceptors (Lipinski definition) is 5. The molecule has 1 aliphatic heterocycles. The summed E-state index contributed by atoms with van der Waals surface area (Å²) in [6.07, 6.45) is 3.55. The van der Waals surface area contributed by atoms with E-state index in [1.807, 2.05) is 19.1 Å². The second-order valence-electron chi connectivity index (χ2n) is 8.21. The van der Waals surface area contributed by atoms with Gasteiger partial charge < -0.3 is 10.1 Å². The predicted molar refractivity (Wildman–Crippen MR) is 127 cm³/mol. The van der Waals surface area contributed by atoms with E-state index in [0.29, 0.717) is 24.4 Å². The Morgan fingerprint density at radius 3 is 2.31 bits per heavy atom. The maximum absolute atomic E-state index is 12.8. The highest BCUT2D eigenvalue weighted by atomic mass is 32.2. The lowest BCUT2D eigenvalue weighted by Crippen LogP contribution is -2.37. The number of anilines is 1. The Morgan fingerprint density at radius 2 is 1.72 bits per heavy atom. The van der Waals surface area contributed by atoms with Crippen LogP contribution < -0.4 is 14.4 Å². The highest BCUT2D eigenvalue weighted by Gasteiger charge is 2.20. The monoisotopic (exact) mass is 459 g/mol. The van der Waals surface area contributed by atoms with Crippen molar-refractivity contribution in [3.05, 3.63) is 59.7 Å². The standard InChI is InChI=1S/C24H33N3O4S/c1-4-23(31-22-13-11-21(12-14-22)26(2)32(3,29)30)24(28)25-17-19-9-5-6-10-20(19)18-27-15-7-8-16-27/h5-6,9-14,23H,4,7-8,15-18H2,1-3H3,(H,25,28). The van der Waals surface area contributed by atoms with E-state index in [1.165, 1.54) is 29.8 Å². The quantitative estimate of drug-likeness (QED) is 0.591. The van der Waals surface area contributed by atoms with Crippen LogP contribution in [0, 0.1) is 0 Å². The molecular formula is C24H33N3O4S. The molecule has 1 aliphatic rings. The Balaban J connectivity index is 1.58. The molecule has 8 heteroatoms. The summed E-state index contributed by atoms with van der Waals surface area (Å²) in [7, 11) is -1.83. The van der Waals surface area contributed by atoms with E-state index >= 15 is 0 Å². The molecule has 0 radical (unpaired) electrons. The molecule has 1 N–H and O–H groups in total. The van der Waals surface area contributed by atoms with E-state index in [0.717, 1.165) is 31.5 Å². The molecule has 0 aromatic heterocycles. The molecule has 1 saturated heterocycles. The molecule has 2 aromatic carbocycles. The molecule has 0 saturated carbocycles. The Morgan fingerprint density at radius 1 is 1.09 bits per heavy atom. The molecule has 1 heterocycles. The molecule has 0 aliphatic carbocycles. The summed E-state index contributed by atoms with van der Waals surface area (Å²) in [6, 6.07) is 14.9. The predicted octanol–water partition coefficient (Wildman–Crippen LogP) is 3.15. The average molecular weight is 460 g/mol. The van der Waals surface area contributed by atoms with Crippen LogP contribution in [0.5, 0.6) is 5.75 Å². The van der Waals surface area contributed by atoms with Crippen molar-refractivity contribution < 1.29 is 17.9 Å². The third-order valence-electron chi connectivity index (χ3n) is 5.80. The Hall–Kier alpha value is -2.58. The SMILES string of the molecule is CCC(Oc1ccc(N(C)S(C)(=O)=O)cc1)C(=O)NCc1ccccc1CN1CCCC1. The normalized spacial score (nSPS) is 15.3. The van der Waals surface area contributed by atoms with Crippen LogP contribution in [-0.2, 0) is 27.9 Å². The Labute approximate surface area is 191 Å². The fraction of sp³-hybridized carbons (Fsp3) is 0.458. The van der Waals surface area contributed by atoms with Crippen molar-refractivity contribution in [3.8, 4) is 5.75 Å². The molecule has 1 atom stereocenters. The zero-order valence-electron chi connectivity index (χ0n) is 19.1. The van der Waals surface area contributed by atoms with Crippen molar-refractivity contribution in [1.29, 1.82) is 0 Å². The number of rotatable bonds is 10. The Kier molecular flexibility index (Phi) is 8.15. The number of hydrogen-bond donors (Lipinski definition) is 1. The Bertz CT molecular complexity index is 1000. The van der Waals surface area contributed by atoms with Crippen LogP contribution in [0.2, 0.25) is 0 Å². The summed E-state index contributed by atoms with van der Waals surface area (Å²) < 4.78 is 30.4. The molecule has 1 unspecified atom stereocenters. The molecule has 2 aromatic rings. The first-order chi connectivity index (χ1) is 15.3. The summed E-state index contributed by atoms with van der Waals surface area (Å²) >= 11 is 0. The first-order valence-electron chi connectivity index (χ1n) is 11.1. The summed E-state index contributed by atoms with van der Waals surface area (Å²) in [5.41, 5.74) is 2.90. The van der Waals surface area contributed by atoms with Gasteiger partial charge in [0.1, 0.15) is 5.75 Å². The molecule has 0 spiro atoms. The minimum absolute atomic E-state index is 0.166. The van der Waals surface area contributed by atoms with Gasteiger partial charge in [0.15, 0.2) is 6.10 Å². The highest BCUT2D eigenvalue weighted by molar-refractivity contribution is 7.92. The van der Waals surface area contributed by atoms with Crippen molar-refractivity contribution in [2.45, 2.75) is 45.4 Å². The van der Waals surface area contributed by atoms with Crippen molar-refractivity contribution in [1.82, 2.24) is 10.2 Å². The number of carbonyl (C=O) groups excluding carboxylic acids is 1. The van der Waals surface area contributed by atoms with Gasteiger partial charge in [0.2, 0.25) is 10.0 Å². The number of likely N-dealkylation sites (tertiary alicyclic amines) is 1. The second-order valence-corrected chi connectivity index (χ2v) is 10.2. The fourth-order valence-corrected chi connectivity index (χ4v) is 4.28. The number of benzene rings is 2. The van der Waals surface area contributed by atoms with Crippen molar-refractivity contribution in [2.24, 2.45) is 0 Å². The molecule has 1 amide bonds. The molecule has 1 fully saturated rings. The topological polar surface area (TPSA) is 78.9 Å². The third-order valence-corrected chi connectivity index (χ3v) is 7.01. The van der Waals surface area contributed by atoms with Gasteiger partial charge in [-0.3, -0.25) is 14.0 Å². The van der Waals surface area contributed by atoms with Gasteiger partial charge in [0.25, 0.3) is 5.91 Å². The van der Waals surface area contributed by atoms with Crippen LogP contribution in [-0.4, -0.2) is 51.7 Å². The number of sulfonamides is 1. The summed E-state index contributed by atoms with van der Waals surface area (Å²) in [6.45, 7) is 5.53. The lowest BCUT2D eigenvalue weighted by Gasteiger charge is -2.20. The summed E-state index contributed by atoms with van der Waals surface area (Å²) in [4.78, 5) is 15.2. The minimum atomic E-state index is -3.33. The van der Waals surface area contributed by atoms with Gasteiger partial charge in [-0.1, -0.05) is 31.2 Å².